The van der Waals surface area contributed by atoms with Gasteiger partial charge < -0.3 is 24.8 Å². The Kier molecular flexibility index (Phi) is 8.01. The quantitative estimate of drug-likeness (QED) is 0.641. The molecule has 2 N–H and O–H groups in total. The van der Waals surface area contributed by atoms with E-state index in [4.69, 9.17) is 9.26 Å². The number of aromatic nitrogens is 1. The number of aryl methyl sites for hydroxylation is 3. The van der Waals surface area contributed by atoms with Crippen LogP contribution in [0.25, 0.3) is 0 Å². The minimum atomic E-state index is -0.346. The van der Waals surface area contributed by atoms with Gasteiger partial charge in [0.25, 0.3) is 0 Å². The third-order valence-electron chi connectivity index (χ3n) is 4.15. The number of para-hydroxylation sites is 1. The van der Waals surface area contributed by atoms with Gasteiger partial charge >= 0.3 is 6.03 Å². The van der Waals surface area contributed by atoms with Gasteiger partial charge in [-0.1, -0.05) is 23.4 Å². The molecule has 2 aromatic rings. The molecule has 8 nitrogen and oxygen atoms in total. The van der Waals surface area contributed by atoms with Crippen molar-refractivity contribution in [2.45, 2.75) is 34.1 Å². The van der Waals surface area contributed by atoms with E-state index in [0.717, 1.165) is 16.8 Å². The van der Waals surface area contributed by atoms with E-state index in [1.807, 2.05) is 39.0 Å². The zero-order chi connectivity index (χ0) is 20.5. The molecule has 28 heavy (non-hydrogen) atoms. The lowest BCUT2D eigenvalue weighted by Crippen LogP contribution is -2.41. The molecule has 0 aliphatic rings. The fourth-order valence-corrected chi connectivity index (χ4v) is 2.73. The molecule has 0 spiro atoms. The maximum absolute atomic E-state index is 12.8. The third-order valence-corrected chi connectivity index (χ3v) is 4.15. The summed E-state index contributed by atoms with van der Waals surface area (Å²) in [4.78, 5) is 26.7. The molecular weight excluding hydrogens is 360 g/mol. The second-order valence-electron chi connectivity index (χ2n) is 6.54. The Labute approximate surface area is 165 Å². The van der Waals surface area contributed by atoms with Crippen LogP contribution in [0.1, 0.15) is 30.2 Å². The van der Waals surface area contributed by atoms with Gasteiger partial charge in [0.15, 0.2) is 5.82 Å². The molecule has 1 aromatic carbocycles. The SMILES string of the molecule is CCOCCCN(CC(=O)Nc1cc(C)on1)C(=O)Nc1c(C)cccc1C. The van der Waals surface area contributed by atoms with Crippen molar-refractivity contribution in [2.24, 2.45) is 0 Å². The fraction of sp³-hybridized carbons (Fsp3) is 0.450. The number of anilines is 2. The van der Waals surface area contributed by atoms with E-state index in [2.05, 4.69) is 15.8 Å². The fourth-order valence-electron chi connectivity index (χ4n) is 2.73. The van der Waals surface area contributed by atoms with Crippen LogP contribution in [0.5, 0.6) is 0 Å². The highest BCUT2D eigenvalue weighted by molar-refractivity contribution is 5.97. The van der Waals surface area contributed by atoms with Gasteiger partial charge in [-0.2, -0.15) is 0 Å². The molecule has 1 aromatic heterocycles. The molecular formula is C20H28N4O4. The normalized spacial score (nSPS) is 10.6. The first-order valence-corrected chi connectivity index (χ1v) is 9.33. The number of ether oxygens (including phenoxy) is 1. The highest BCUT2D eigenvalue weighted by atomic mass is 16.5. The van der Waals surface area contributed by atoms with Gasteiger partial charge in [-0.25, -0.2) is 4.79 Å². The first-order chi connectivity index (χ1) is 13.4. The van der Waals surface area contributed by atoms with Crippen molar-refractivity contribution >= 4 is 23.4 Å². The van der Waals surface area contributed by atoms with Crippen molar-refractivity contribution in [3.05, 3.63) is 41.2 Å². The van der Waals surface area contributed by atoms with Crippen molar-refractivity contribution in [3.8, 4) is 0 Å². The molecule has 1 heterocycles. The predicted octanol–water partition coefficient (Wildman–Crippen LogP) is 3.50. The highest BCUT2D eigenvalue weighted by Crippen LogP contribution is 2.20. The number of carbonyl (C=O) groups excluding carboxylic acids is 2. The molecule has 0 bridgehead atoms. The second kappa shape index (κ2) is 10.5. The molecule has 8 heteroatoms. The standard InChI is InChI=1S/C20H28N4O4/c1-5-27-11-7-10-24(13-18(25)21-17-12-16(4)28-23-17)20(26)22-19-14(2)8-6-9-15(19)3/h6,8-9,12H,5,7,10-11,13H2,1-4H3,(H,22,26)(H,21,23,25). The number of nitrogens with one attached hydrogen (secondary N) is 2. The van der Waals surface area contributed by atoms with E-state index in [1.54, 1.807) is 13.0 Å². The molecule has 2 rings (SSSR count). The van der Waals surface area contributed by atoms with Crippen molar-refractivity contribution in [1.29, 1.82) is 0 Å². The molecule has 0 saturated heterocycles. The average Bonchev–Trinajstić information content (AvgIpc) is 3.05. The van der Waals surface area contributed by atoms with E-state index >= 15 is 0 Å². The van der Waals surface area contributed by atoms with Gasteiger partial charge in [0.1, 0.15) is 12.3 Å². The zero-order valence-electron chi connectivity index (χ0n) is 16.9. The Balaban J connectivity index is 2.04. The van der Waals surface area contributed by atoms with Crippen LogP contribution >= 0.6 is 0 Å². The molecule has 3 amide bonds. The summed E-state index contributed by atoms with van der Waals surface area (Å²) < 4.78 is 10.3. The first-order valence-electron chi connectivity index (χ1n) is 9.33. The largest absolute Gasteiger partial charge is 0.382 e. The summed E-state index contributed by atoms with van der Waals surface area (Å²) in [5.74, 6) is 0.574. The van der Waals surface area contributed by atoms with Gasteiger partial charge in [-0.3, -0.25) is 4.79 Å². The van der Waals surface area contributed by atoms with E-state index in [0.29, 0.717) is 37.8 Å². The number of carbonyl (C=O) groups is 2. The number of hydrogen-bond donors (Lipinski definition) is 2. The number of benzene rings is 1. The van der Waals surface area contributed by atoms with Gasteiger partial charge in [0.2, 0.25) is 5.91 Å². The molecule has 0 fully saturated rings. The third kappa shape index (κ3) is 6.38. The minimum Gasteiger partial charge on any atom is -0.382 e. The maximum atomic E-state index is 12.8. The van der Waals surface area contributed by atoms with Crippen molar-refractivity contribution in [1.82, 2.24) is 10.1 Å². The van der Waals surface area contributed by atoms with E-state index in [9.17, 15) is 9.59 Å². The lowest BCUT2D eigenvalue weighted by Gasteiger charge is -2.23. The van der Waals surface area contributed by atoms with Gasteiger partial charge in [-0.15, -0.1) is 0 Å². The Morgan fingerprint density at radius 1 is 1.18 bits per heavy atom. The Bertz CT molecular complexity index is 783. The Hall–Kier alpha value is -2.87. The number of rotatable bonds is 9. The predicted molar refractivity (Wildman–Crippen MR) is 107 cm³/mol. The van der Waals surface area contributed by atoms with Crippen LogP contribution < -0.4 is 10.6 Å². The summed E-state index contributed by atoms with van der Waals surface area (Å²) in [6.07, 6.45) is 0.629. The smallest absolute Gasteiger partial charge is 0.322 e. The summed E-state index contributed by atoms with van der Waals surface area (Å²) in [5, 5.41) is 9.30. The van der Waals surface area contributed by atoms with Crippen LogP contribution in [0.3, 0.4) is 0 Å². The van der Waals surface area contributed by atoms with Crippen LogP contribution in [-0.2, 0) is 9.53 Å². The van der Waals surface area contributed by atoms with Crippen LogP contribution in [-0.4, -0.2) is 48.3 Å². The van der Waals surface area contributed by atoms with Crippen LogP contribution in [0.4, 0.5) is 16.3 Å². The van der Waals surface area contributed by atoms with Gasteiger partial charge in [-0.05, 0) is 45.2 Å². The maximum Gasteiger partial charge on any atom is 0.322 e. The molecule has 0 aliphatic heterocycles. The van der Waals surface area contributed by atoms with Crippen LogP contribution in [0, 0.1) is 20.8 Å². The van der Waals surface area contributed by atoms with E-state index in [-0.39, 0.29) is 18.5 Å². The lowest BCUT2D eigenvalue weighted by atomic mass is 10.1. The monoisotopic (exact) mass is 388 g/mol. The number of hydrogen-bond acceptors (Lipinski definition) is 5. The molecule has 0 atom stereocenters. The molecule has 152 valence electrons. The summed E-state index contributed by atoms with van der Waals surface area (Å²) in [6, 6.07) is 7.09. The Morgan fingerprint density at radius 2 is 1.89 bits per heavy atom. The molecule has 0 saturated carbocycles. The molecule has 0 radical (unpaired) electrons. The lowest BCUT2D eigenvalue weighted by molar-refractivity contribution is -0.116. The highest BCUT2D eigenvalue weighted by Gasteiger charge is 2.19. The number of amides is 3. The Morgan fingerprint density at radius 3 is 2.50 bits per heavy atom. The summed E-state index contributed by atoms with van der Waals surface area (Å²) in [5.41, 5.74) is 2.69. The average molecular weight is 388 g/mol. The van der Waals surface area contributed by atoms with E-state index < -0.39 is 0 Å². The van der Waals surface area contributed by atoms with Crippen molar-refractivity contribution < 1.29 is 18.8 Å². The van der Waals surface area contributed by atoms with Crippen LogP contribution in [0.2, 0.25) is 0 Å². The van der Waals surface area contributed by atoms with Crippen molar-refractivity contribution in [2.75, 3.05) is 36.9 Å². The topological polar surface area (TPSA) is 96.7 Å². The van der Waals surface area contributed by atoms with Gasteiger partial charge in [0, 0.05) is 31.5 Å². The zero-order valence-corrected chi connectivity index (χ0v) is 16.9. The summed E-state index contributed by atoms with van der Waals surface area (Å²) in [7, 11) is 0. The summed E-state index contributed by atoms with van der Waals surface area (Å²) >= 11 is 0. The second-order valence-corrected chi connectivity index (χ2v) is 6.54. The van der Waals surface area contributed by atoms with Gasteiger partial charge in [0.05, 0.1) is 0 Å². The first kappa shape index (κ1) is 21.4. The minimum absolute atomic E-state index is 0.102. The van der Waals surface area contributed by atoms with Crippen molar-refractivity contribution in [3.63, 3.8) is 0 Å². The molecule has 0 unspecified atom stereocenters. The number of urea groups is 1. The van der Waals surface area contributed by atoms with E-state index in [1.165, 1.54) is 4.90 Å². The van der Waals surface area contributed by atoms with Crippen LogP contribution in [0.15, 0.2) is 28.8 Å². The molecule has 0 aliphatic carbocycles. The summed E-state index contributed by atoms with van der Waals surface area (Å²) in [6.45, 7) is 8.94. The number of nitrogens with zero attached hydrogens (tertiary/aromatic N) is 2.